The molecule has 0 radical (unpaired) electrons. The van der Waals surface area contributed by atoms with Crippen LogP contribution in [0.1, 0.15) is 42.2 Å². The van der Waals surface area contributed by atoms with E-state index in [4.69, 9.17) is 0 Å². The van der Waals surface area contributed by atoms with E-state index >= 15 is 0 Å². The number of β-amino-alcohol motifs (C(OH)–C–C–N with tert-alkyl or cyclic N) is 1. The Morgan fingerprint density at radius 3 is 2.25 bits per heavy atom. The maximum absolute atomic E-state index is 10.6. The number of aromatic hydroxyl groups is 2. The zero-order chi connectivity index (χ0) is 19.3. The van der Waals surface area contributed by atoms with Crippen molar-refractivity contribution in [3.63, 3.8) is 0 Å². The minimum absolute atomic E-state index is 0.165. The van der Waals surface area contributed by atoms with Crippen molar-refractivity contribution < 1.29 is 15.3 Å². The highest BCUT2D eigenvalue weighted by molar-refractivity contribution is 5.54. The highest BCUT2D eigenvalue weighted by Crippen LogP contribution is 2.59. The first-order valence-corrected chi connectivity index (χ1v) is 10.3. The summed E-state index contributed by atoms with van der Waals surface area (Å²) in [4.78, 5) is 8.90. The SMILES string of the molecule is Oc1c2c(c(O)n1CC(O)CN1CCN(c3ccccn3)CC1)[C@H]1CCC2C1. The third-order valence-corrected chi connectivity index (χ3v) is 6.74. The first-order valence-electron chi connectivity index (χ1n) is 10.3. The molecule has 3 heterocycles. The summed E-state index contributed by atoms with van der Waals surface area (Å²) in [6, 6.07) is 5.94. The number of nitrogens with zero attached hydrogens (tertiary/aromatic N) is 4. The number of aromatic nitrogens is 2. The van der Waals surface area contributed by atoms with Gasteiger partial charge in [-0.2, -0.15) is 0 Å². The lowest BCUT2D eigenvalue weighted by Gasteiger charge is -2.36. The average molecular weight is 384 g/mol. The molecule has 7 nitrogen and oxygen atoms in total. The fourth-order valence-corrected chi connectivity index (χ4v) is 5.38. The number of rotatable bonds is 5. The predicted molar refractivity (Wildman–Crippen MR) is 106 cm³/mol. The summed E-state index contributed by atoms with van der Waals surface area (Å²) in [5, 5.41) is 31.9. The highest BCUT2D eigenvalue weighted by Gasteiger charge is 2.44. The molecule has 2 bridgehead atoms. The largest absolute Gasteiger partial charge is 0.494 e. The van der Waals surface area contributed by atoms with E-state index in [2.05, 4.69) is 14.8 Å². The average Bonchev–Trinajstić information content (AvgIpc) is 3.39. The fraction of sp³-hybridized carbons (Fsp3) is 0.571. The molecule has 2 aromatic heterocycles. The number of anilines is 1. The summed E-state index contributed by atoms with van der Waals surface area (Å²) in [6.45, 7) is 4.23. The van der Waals surface area contributed by atoms with E-state index in [0.29, 0.717) is 18.4 Å². The molecule has 2 aromatic rings. The molecule has 7 heteroatoms. The van der Waals surface area contributed by atoms with Gasteiger partial charge in [0.1, 0.15) is 5.82 Å². The summed E-state index contributed by atoms with van der Waals surface area (Å²) < 4.78 is 1.52. The van der Waals surface area contributed by atoms with Gasteiger partial charge in [-0.25, -0.2) is 4.98 Å². The molecular formula is C21H28N4O3. The van der Waals surface area contributed by atoms with Crippen LogP contribution in [0.25, 0.3) is 0 Å². The molecule has 5 rings (SSSR count). The quantitative estimate of drug-likeness (QED) is 0.730. The molecule has 150 valence electrons. The maximum Gasteiger partial charge on any atom is 0.197 e. The summed E-state index contributed by atoms with van der Waals surface area (Å²) in [6.07, 6.45) is 4.42. The molecule has 1 saturated heterocycles. The lowest BCUT2D eigenvalue weighted by Crippen LogP contribution is -2.49. The number of piperazine rings is 1. The number of aliphatic hydroxyl groups is 1. The number of fused-ring (bicyclic) bond motifs is 5. The molecular weight excluding hydrogens is 356 g/mol. The monoisotopic (exact) mass is 384 g/mol. The number of aliphatic hydroxyl groups excluding tert-OH is 1. The van der Waals surface area contributed by atoms with E-state index in [1.165, 1.54) is 4.57 Å². The molecule has 1 aliphatic heterocycles. The zero-order valence-corrected chi connectivity index (χ0v) is 16.0. The summed E-state index contributed by atoms with van der Waals surface area (Å²) in [7, 11) is 0. The molecule has 2 fully saturated rings. The van der Waals surface area contributed by atoms with Gasteiger partial charge in [-0.15, -0.1) is 0 Å². The van der Waals surface area contributed by atoms with Crippen molar-refractivity contribution in [2.24, 2.45) is 0 Å². The fourth-order valence-electron chi connectivity index (χ4n) is 5.38. The van der Waals surface area contributed by atoms with E-state index in [1.807, 2.05) is 24.4 Å². The lowest BCUT2D eigenvalue weighted by atomic mass is 9.95. The molecule has 0 aromatic carbocycles. The van der Waals surface area contributed by atoms with Crippen molar-refractivity contribution in [2.45, 2.75) is 43.7 Å². The molecule has 3 aliphatic rings. The van der Waals surface area contributed by atoms with Crippen LogP contribution < -0.4 is 4.90 Å². The van der Waals surface area contributed by atoms with Crippen LogP contribution in [-0.4, -0.2) is 68.6 Å². The van der Waals surface area contributed by atoms with Crippen LogP contribution in [0, 0.1) is 0 Å². The van der Waals surface area contributed by atoms with Gasteiger partial charge >= 0.3 is 0 Å². The van der Waals surface area contributed by atoms with Crippen LogP contribution in [-0.2, 0) is 6.54 Å². The van der Waals surface area contributed by atoms with E-state index < -0.39 is 6.10 Å². The summed E-state index contributed by atoms with van der Waals surface area (Å²) in [5.41, 5.74) is 1.87. The van der Waals surface area contributed by atoms with Crippen molar-refractivity contribution in [3.05, 3.63) is 35.5 Å². The minimum atomic E-state index is -0.636. The normalized spacial score (nSPS) is 25.2. The van der Waals surface area contributed by atoms with E-state index in [1.54, 1.807) is 0 Å². The maximum atomic E-state index is 10.6. The van der Waals surface area contributed by atoms with Crippen molar-refractivity contribution in [1.29, 1.82) is 0 Å². The first kappa shape index (κ1) is 17.8. The standard InChI is InChI=1S/C21H28N4O3/c26-16(12-23-7-9-24(10-8-23)17-3-1-2-6-22-17)13-25-20(27)18-14-4-5-15(11-14)19(18)21(25)28/h1-3,6,14-16,26-28H,4-5,7-13H2/t14-,15?,16?/m0/s1. The minimum Gasteiger partial charge on any atom is -0.494 e. The third kappa shape index (κ3) is 2.93. The molecule has 2 aliphatic carbocycles. The van der Waals surface area contributed by atoms with Gasteiger partial charge in [0.15, 0.2) is 11.8 Å². The van der Waals surface area contributed by atoms with Crippen LogP contribution in [0.5, 0.6) is 11.8 Å². The van der Waals surface area contributed by atoms with Crippen LogP contribution in [0.3, 0.4) is 0 Å². The summed E-state index contributed by atoms with van der Waals surface area (Å²) >= 11 is 0. The van der Waals surface area contributed by atoms with E-state index in [0.717, 1.165) is 62.4 Å². The Hall–Kier alpha value is -2.25. The summed E-state index contributed by atoms with van der Waals surface area (Å²) in [5.74, 6) is 2.08. The molecule has 3 atom stereocenters. The third-order valence-electron chi connectivity index (χ3n) is 6.74. The molecule has 2 unspecified atom stereocenters. The van der Waals surface area contributed by atoms with Gasteiger partial charge in [0, 0.05) is 50.0 Å². The number of hydrogen-bond donors (Lipinski definition) is 3. The van der Waals surface area contributed by atoms with Crippen LogP contribution >= 0.6 is 0 Å². The van der Waals surface area contributed by atoms with E-state index in [9.17, 15) is 15.3 Å². The van der Waals surface area contributed by atoms with Gasteiger partial charge in [0.05, 0.1) is 12.6 Å². The van der Waals surface area contributed by atoms with Crippen molar-refractivity contribution >= 4 is 5.82 Å². The van der Waals surface area contributed by atoms with Crippen LogP contribution in [0.4, 0.5) is 5.82 Å². The Bertz CT molecular complexity index is 812. The molecule has 28 heavy (non-hydrogen) atoms. The number of hydrogen-bond acceptors (Lipinski definition) is 6. The van der Waals surface area contributed by atoms with Crippen molar-refractivity contribution in [2.75, 3.05) is 37.6 Å². The molecule has 1 saturated carbocycles. The Kier molecular flexibility index (Phi) is 4.44. The van der Waals surface area contributed by atoms with Crippen LogP contribution in [0.2, 0.25) is 0 Å². The van der Waals surface area contributed by atoms with Gasteiger partial charge in [-0.3, -0.25) is 9.47 Å². The van der Waals surface area contributed by atoms with E-state index in [-0.39, 0.29) is 18.3 Å². The van der Waals surface area contributed by atoms with Gasteiger partial charge in [-0.1, -0.05) is 6.07 Å². The van der Waals surface area contributed by atoms with Gasteiger partial charge in [-0.05, 0) is 43.2 Å². The van der Waals surface area contributed by atoms with Gasteiger partial charge in [0.25, 0.3) is 0 Å². The second-order valence-corrected chi connectivity index (χ2v) is 8.42. The predicted octanol–water partition coefficient (Wildman–Crippen LogP) is 1.84. The Balaban J connectivity index is 1.20. The topological polar surface area (TPSA) is 85.0 Å². The zero-order valence-electron chi connectivity index (χ0n) is 16.0. The first-order chi connectivity index (χ1) is 13.6. The van der Waals surface area contributed by atoms with Crippen molar-refractivity contribution in [1.82, 2.24) is 14.5 Å². The second kappa shape index (κ2) is 6.97. The second-order valence-electron chi connectivity index (χ2n) is 8.42. The van der Waals surface area contributed by atoms with Gasteiger partial charge in [0.2, 0.25) is 0 Å². The Morgan fingerprint density at radius 2 is 1.64 bits per heavy atom. The highest BCUT2D eigenvalue weighted by atomic mass is 16.3. The Morgan fingerprint density at radius 1 is 0.964 bits per heavy atom. The van der Waals surface area contributed by atoms with Gasteiger partial charge < -0.3 is 20.2 Å². The molecule has 0 amide bonds. The molecule has 0 spiro atoms. The van der Waals surface area contributed by atoms with Crippen LogP contribution in [0.15, 0.2) is 24.4 Å². The smallest absolute Gasteiger partial charge is 0.197 e. The number of pyridine rings is 1. The lowest BCUT2D eigenvalue weighted by molar-refractivity contribution is 0.0906. The molecule has 3 N–H and O–H groups in total. The Labute approximate surface area is 164 Å². The van der Waals surface area contributed by atoms with Crippen molar-refractivity contribution in [3.8, 4) is 11.8 Å².